The van der Waals surface area contributed by atoms with Gasteiger partial charge in [-0.3, -0.25) is 14.5 Å². The van der Waals surface area contributed by atoms with Crippen molar-refractivity contribution in [3.63, 3.8) is 0 Å². The van der Waals surface area contributed by atoms with Gasteiger partial charge in [0.2, 0.25) is 5.91 Å². The number of fused-ring (bicyclic) bond motifs is 4. The van der Waals surface area contributed by atoms with Crippen molar-refractivity contribution in [2.45, 2.75) is 32.0 Å². The maximum Gasteiger partial charge on any atom is 0.255 e. The molecule has 1 amide bonds. The zero-order valence-electron chi connectivity index (χ0n) is 16.6. The molecule has 0 radical (unpaired) electrons. The topological polar surface area (TPSA) is 65.8 Å². The maximum atomic E-state index is 13.4. The molecule has 1 aromatic heterocycles. The van der Waals surface area contributed by atoms with Crippen LogP contribution in [-0.2, 0) is 24.4 Å². The molecule has 2 atom stereocenters. The smallest absolute Gasteiger partial charge is 0.255 e. The quantitative estimate of drug-likeness (QED) is 0.829. The second-order valence-corrected chi connectivity index (χ2v) is 8.26. The number of hydrogen-bond donors (Lipinski definition) is 1. The van der Waals surface area contributed by atoms with Gasteiger partial charge < -0.3 is 14.6 Å². The van der Waals surface area contributed by atoms with E-state index in [1.807, 2.05) is 34.7 Å². The summed E-state index contributed by atoms with van der Waals surface area (Å²) < 4.78 is 15.3. The van der Waals surface area contributed by atoms with Gasteiger partial charge in [-0.15, -0.1) is 0 Å². The number of rotatable bonds is 5. The summed E-state index contributed by atoms with van der Waals surface area (Å²) in [4.78, 5) is 28.7. The highest BCUT2D eigenvalue weighted by Gasteiger charge is 2.36. The molecule has 3 heterocycles. The number of aliphatic hydroxyl groups excluding tert-OH is 1. The highest BCUT2D eigenvalue weighted by molar-refractivity contribution is 5.77. The minimum atomic E-state index is -0.469. The Hall–Kier alpha value is -2.51. The Labute approximate surface area is 169 Å². The molecule has 4 rings (SSSR count). The summed E-state index contributed by atoms with van der Waals surface area (Å²) in [7, 11) is 1.92. The molecule has 1 aromatic carbocycles. The summed E-state index contributed by atoms with van der Waals surface area (Å²) in [6.45, 7) is 2.31. The molecule has 1 saturated heterocycles. The number of likely N-dealkylation sites (tertiary alicyclic amines) is 1. The largest absolute Gasteiger partial charge is 0.387 e. The maximum absolute atomic E-state index is 13.4. The molecule has 0 spiro atoms. The van der Waals surface area contributed by atoms with Gasteiger partial charge in [0.15, 0.2) is 0 Å². The first kappa shape index (κ1) is 19.8. The predicted octanol–water partition coefficient (Wildman–Crippen LogP) is 1.56. The average Bonchev–Trinajstić information content (AvgIpc) is 2.69. The molecule has 0 aliphatic carbocycles. The number of pyridine rings is 1. The van der Waals surface area contributed by atoms with Crippen molar-refractivity contribution < 1.29 is 14.3 Å². The number of halogens is 1. The Morgan fingerprint density at radius 3 is 2.79 bits per heavy atom. The number of benzene rings is 1. The minimum absolute atomic E-state index is 0.0187. The second-order valence-electron chi connectivity index (χ2n) is 8.26. The van der Waals surface area contributed by atoms with Gasteiger partial charge in [-0.05, 0) is 43.1 Å². The van der Waals surface area contributed by atoms with Crippen molar-refractivity contribution in [3.8, 4) is 0 Å². The van der Waals surface area contributed by atoms with Gasteiger partial charge in [-0.2, -0.15) is 0 Å². The highest BCUT2D eigenvalue weighted by atomic mass is 19.1. The Morgan fingerprint density at radius 2 is 2.03 bits per heavy atom. The van der Waals surface area contributed by atoms with Crippen LogP contribution in [0.1, 0.15) is 29.2 Å². The van der Waals surface area contributed by atoms with Crippen LogP contribution in [0.5, 0.6) is 0 Å². The lowest BCUT2D eigenvalue weighted by Gasteiger charge is -2.42. The van der Waals surface area contributed by atoms with E-state index in [9.17, 15) is 14.0 Å². The molecule has 1 N–H and O–H groups in total. The Bertz CT molecular complexity index is 974. The lowest BCUT2D eigenvalue weighted by Crippen LogP contribution is -2.50. The summed E-state index contributed by atoms with van der Waals surface area (Å²) in [5, 5.41) is 9.16. The number of nitrogens with zero attached hydrogens (tertiary/aromatic N) is 3. The third-order valence-corrected chi connectivity index (χ3v) is 5.95. The fraction of sp³-hybridized carbons (Fsp3) is 0.455. The van der Waals surface area contributed by atoms with Crippen LogP contribution in [0, 0.1) is 11.7 Å². The van der Waals surface area contributed by atoms with Crippen molar-refractivity contribution in [2.24, 2.45) is 5.92 Å². The number of aromatic nitrogens is 1. The Morgan fingerprint density at radius 1 is 1.21 bits per heavy atom. The molecule has 2 aliphatic heterocycles. The van der Waals surface area contributed by atoms with Crippen LogP contribution in [-0.4, -0.2) is 52.1 Å². The normalized spacial score (nSPS) is 20.6. The third-order valence-electron chi connectivity index (χ3n) is 5.95. The van der Waals surface area contributed by atoms with Crippen LogP contribution in [0.3, 0.4) is 0 Å². The lowest BCUT2D eigenvalue weighted by molar-refractivity contribution is -0.136. The molecule has 1 fully saturated rings. The van der Waals surface area contributed by atoms with E-state index in [-0.39, 0.29) is 29.1 Å². The average molecular weight is 399 g/mol. The van der Waals surface area contributed by atoms with Gasteiger partial charge in [-0.1, -0.05) is 18.2 Å². The van der Waals surface area contributed by atoms with Crippen LogP contribution in [0.15, 0.2) is 41.2 Å². The molecule has 154 valence electrons. The fourth-order valence-electron chi connectivity index (χ4n) is 4.71. The van der Waals surface area contributed by atoms with Gasteiger partial charge >= 0.3 is 0 Å². The van der Waals surface area contributed by atoms with E-state index < -0.39 is 6.61 Å². The number of amides is 1. The minimum Gasteiger partial charge on any atom is -0.387 e. The molecule has 29 heavy (non-hydrogen) atoms. The molecule has 6 nitrogen and oxygen atoms in total. The number of piperidine rings is 1. The summed E-state index contributed by atoms with van der Waals surface area (Å²) in [5.41, 5.74) is 2.58. The van der Waals surface area contributed by atoms with Crippen molar-refractivity contribution in [3.05, 3.63) is 69.4 Å². The van der Waals surface area contributed by atoms with E-state index in [0.29, 0.717) is 32.7 Å². The molecular weight excluding hydrogens is 373 g/mol. The van der Waals surface area contributed by atoms with Gasteiger partial charge in [0.05, 0.1) is 0 Å². The van der Waals surface area contributed by atoms with Crippen molar-refractivity contribution in [1.29, 1.82) is 0 Å². The van der Waals surface area contributed by atoms with Crippen molar-refractivity contribution in [2.75, 3.05) is 26.7 Å². The van der Waals surface area contributed by atoms with Crippen LogP contribution < -0.4 is 5.56 Å². The van der Waals surface area contributed by atoms with Crippen LogP contribution in [0.25, 0.3) is 0 Å². The summed E-state index contributed by atoms with van der Waals surface area (Å²) in [6.07, 6.45) is 0.966. The molecule has 7 heteroatoms. The van der Waals surface area contributed by atoms with E-state index in [1.54, 1.807) is 11.0 Å². The van der Waals surface area contributed by atoms with E-state index in [4.69, 9.17) is 5.11 Å². The second kappa shape index (κ2) is 8.08. The van der Waals surface area contributed by atoms with Crippen LogP contribution >= 0.6 is 0 Å². The zero-order chi connectivity index (χ0) is 20.5. The number of aliphatic hydroxyl groups is 1. The van der Waals surface area contributed by atoms with Crippen molar-refractivity contribution in [1.82, 2.24) is 14.4 Å². The number of hydrogen-bond acceptors (Lipinski definition) is 4. The van der Waals surface area contributed by atoms with E-state index in [2.05, 4.69) is 0 Å². The van der Waals surface area contributed by atoms with Gasteiger partial charge in [0, 0.05) is 49.9 Å². The van der Waals surface area contributed by atoms with Gasteiger partial charge in [0.1, 0.15) is 12.4 Å². The third kappa shape index (κ3) is 4.11. The predicted molar refractivity (Wildman–Crippen MR) is 107 cm³/mol. The van der Waals surface area contributed by atoms with Crippen molar-refractivity contribution >= 4 is 5.91 Å². The highest BCUT2D eigenvalue weighted by Crippen LogP contribution is 2.35. The van der Waals surface area contributed by atoms with Gasteiger partial charge in [0.25, 0.3) is 5.56 Å². The van der Waals surface area contributed by atoms with Crippen LogP contribution in [0.2, 0.25) is 0 Å². The zero-order valence-corrected chi connectivity index (χ0v) is 16.6. The first-order valence-corrected chi connectivity index (χ1v) is 9.99. The molecule has 2 aliphatic rings. The first-order valence-electron chi connectivity index (χ1n) is 9.99. The summed E-state index contributed by atoms with van der Waals surface area (Å²) in [6, 6.07) is 10.4. The summed E-state index contributed by atoms with van der Waals surface area (Å²) >= 11 is 0. The molecule has 2 aromatic rings. The van der Waals surface area contributed by atoms with E-state index in [0.717, 1.165) is 23.2 Å². The molecule has 2 bridgehead atoms. The Kier molecular flexibility index (Phi) is 5.52. The Balaban J connectivity index is 1.51. The summed E-state index contributed by atoms with van der Waals surface area (Å²) in [5.74, 6) is -0.143. The lowest BCUT2D eigenvalue weighted by atomic mass is 9.83. The van der Waals surface area contributed by atoms with E-state index in [1.165, 1.54) is 12.1 Å². The van der Waals surface area contributed by atoms with Crippen LogP contribution in [0.4, 0.5) is 4.39 Å². The molecule has 0 saturated carbocycles. The van der Waals surface area contributed by atoms with Gasteiger partial charge in [-0.25, -0.2) is 4.39 Å². The first-order chi connectivity index (χ1) is 13.9. The SMILES string of the molecule is CN(Cc1cccc(F)c1)Cc1ccc2n(c1=O)C[C@H]1C[C@@H]2CN(C(=O)CO)C1. The monoisotopic (exact) mass is 399 g/mol. The molecule has 0 unspecified atom stereocenters. The standard InChI is InChI=1S/C22H26FN3O3/c1-24(9-15-3-2-4-19(23)8-15)12-17-5-6-20-18-7-16(11-26(20)22(17)29)10-25(13-18)21(28)14-27/h2-6,8,16,18,27H,7,9-14H2,1H3/t16-,18+/m0/s1. The number of carbonyl (C=O) groups is 1. The van der Waals surface area contributed by atoms with E-state index >= 15 is 0 Å². The molecular formula is C22H26FN3O3. The number of carbonyl (C=O) groups excluding carboxylic acids is 1. The fourth-order valence-corrected chi connectivity index (χ4v) is 4.71.